The summed E-state index contributed by atoms with van der Waals surface area (Å²) in [6.45, 7) is 2.80. The van der Waals surface area contributed by atoms with Gasteiger partial charge in [0.25, 0.3) is 0 Å². The van der Waals surface area contributed by atoms with Gasteiger partial charge in [-0.1, -0.05) is 30.0 Å². The standard InChI is InChI=1S/C22H29FN6S/c23-18-6-2-1-5-17(18)22-28(14-20(25)30-22)19-12-26-29(13-15-7-8-15)21(19)27-10-3-4-16(24)9-11-27/h1-2,5-6,12,14-16,22H,3-4,7-11,13,24-25H2/t16?,22-/m1/s1. The summed E-state index contributed by atoms with van der Waals surface area (Å²) in [4.78, 5) is 4.51. The molecule has 0 amide bonds. The Bertz CT molecular complexity index is 939. The highest BCUT2D eigenvalue weighted by Gasteiger charge is 2.34. The fourth-order valence-corrected chi connectivity index (χ4v) is 5.43. The number of nitrogens with two attached hydrogens (primary N) is 2. The monoisotopic (exact) mass is 428 g/mol. The number of nitrogens with zero attached hydrogens (tertiary/aromatic N) is 4. The second-order valence-corrected chi connectivity index (χ2v) is 9.74. The minimum Gasteiger partial charge on any atom is -0.392 e. The lowest BCUT2D eigenvalue weighted by molar-refractivity contribution is 0.552. The van der Waals surface area contributed by atoms with Crippen LogP contribution in [0.15, 0.2) is 41.7 Å². The SMILES string of the molecule is NC1=CN(c2cnn(CC3CC3)c2N2CCCC(N)CC2)[C@@H](c2ccccc2F)S1. The van der Waals surface area contributed by atoms with Crippen LogP contribution in [0.2, 0.25) is 0 Å². The summed E-state index contributed by atoms with van der Waals surface area (Å²) < 4.78 is 16.8. The summed E-state index contributed by atoms with van der Waals surface area (Å²) in [7, 11) is 0. The molecule has 6 nitrogen and oxygen atoms in total. The zero-order valence-electron chi connectivity index (χ0n) is 17.1. The van der Waals surface area contributed by atoms with E-state index in [0.29, 0.717) is 16.5 Å². The Kier molecular flexibility index (Phi) is 5.37. The lowest BCUT2D eigenvalue weighted by Gasteiger charge is -2.30. The maximum absolute atomic E-state index is 14.6. The molecule has 1 saturated heterocycles. The van der Waals surface area contributed by atoms with Crippen LogP contribution in [0.5, 0.6) is 0 Å². The van der Waals surface area contributed by atoms with Gasteiger partial charge in [0.1, 0.15) is 16.9 Å². The molecule has 2 atom stereocenters. The summed E-state index contributed by atoms with van der Waals surface area (Å²) in [6.07, 6.45) is 9.47. The van der Waals surface area contributed by atoms with Crippen LogP contribution >= 0.6 is 11.8 Å². The van der Waals surface area contributed by atoms with Crippen LogP contribution in [0, 0.1) is 11.7 Å². The summed E-state index contributed by atoms with van der Waals surface area (Å²) in [5.74, 6) is 1.61. The van der Waals surface area contributed by atoms with Gasteiger partial charge in [0.15, 0.2) is 5.82 Å². The second kappa shape index (κ2) is 8.15. The second-order valence-electron chi connectivity index (χ2n) is 8.59. The van der Waals surface area contributed by atoms with E-state index in [1.807, 2.05) is 24.5 Å². The van der Waals surface area contributed by atoms with E-state index in [2.05, 4.69) is 14.5 Å². The van der Waals surface area contributed by atoms with E-state index in [-0.39, 0.29) is 17.2 Å². The van der Waals surface area contributed by atoms with Crippen molar-refractivity contribution < 1.29 is 4.39 Å². The van der Waals surface area contributed by atoms with Crippen LogP contribution in [0.25, 0.3) is 0 Å². The molecule has 2 aromatic rings. The van der Waals surface area contributed by atoms with Gasteiger partial charge in [-0.3, -0.25) is 0 Å². The van der Waals surface area contributed by atoms with Crippen LogP contribution in [0.1, 0.15) is 43.0 Å². The Morgan fingerprint density at radius 2 is 1.97 bits per heavy atom. The maximum Gasteiger partial charge on any atom is 0.151 e. The molecular weight excluding hydrogens is 399 g/mol. The molecule has 3 heterocycles. The lowest BCUT2D eigenvalue weighted by Crippen LogP contribution is -2.30. The Morgan fingerprint density at radius 1 is 1.13 bits per heavy atom. The first-order chi connectivity index (χ1) is 14.6. The van der Waals surface area contributed by atoms with Gasteiger partial charge >= 0.3 is 0 Å². The van der Waals surface area contributed by atoms with Gasteiger partial charge in [-0.05, 0) is 44.1 Å². The maximum atomic E-state index is 14.6. The average molecular weight is 429 g/mol. The molecule has 2 aliphatic heterocycles. The molecule has 1 aliphatic carbocycles. The third kappa shape index (κ3) is 3.90. The zero-order valence-corrected chi connectivity index (χ0v) is 17.9. The Labute approximate surface area is 181 Å². The molecule has 4 N–H and O–H groups in total. The van der Waals surface area contributed by atoms with Crippen LogP contribution in [-0.4, -0.2) is 28.9 Å². The van der Waals surface area contributed by atoms with Crippen molar-refractivity contribution in [1.82, 2.24) is 9.78 Å². The fourth-order valence-electron chi connectivity index (χ4n) is 4.39. The van der Waals surface area contributed by atoms with Crippen molar-refractivity contribution >= 4 is 23.3 Å². The topological polar surface area (TPSA) is 76.3 Å². The Balaban J connectivity index is 1.54. The predicted octanol–water partition coefficient (Wildman–Crippen LogP) is 3.76. The molecule has 1 aromatic heterocycles. The van der Waals surface area contributed by atoms with E-state index in [9.17, 15) is 4.39 Å². The van der Waals surface area contributed by atoms with Gasteiger partial charge < -0.3 is 21.3 Å². The van der Waals surface area contributed by atoms with Crippen LogP contribution in [-0.2, 0) is 6.54 Å². The van der Waals surface area contributed by atoms with Gasteiger partial charge in [0, 0.05) is 37.4 Å². The first-order valence-corrected chi connectivity index (χ1v) is 11.7. The molecule has 1 unspecified atom stereocenters. The van der Waals surface area contributed by atoms with Crippen molar-refractivity contribution in [1.29, 1.82) is 0 Å². The molecule has 0 spiro atoms. The van der Waals surface area contributed by atoms with E-state index in [4.69, 9.17) is 16.6 Å². The van der Waals surface area contributed by atoms with E-state index >= 15 is 0 Å². The number of benzene rings is 1. The van der Waals surface area contributed by atoms with Crippen LogP contribution in [0.3, 0.4) is 0 Å². The van der Waals surface area contributed by atoms with Gasteiger partial charge in [-0.2, -0.15) is 5.10 Å². The molecular formula is C22H29FN6S. The minimum absolute atomic E-state index is 0.212. The summed E-state index contributed by atoms with van der Waals surface area (Å²) in [5.41, 5.74) is 14.1. The van der Waals surface area contributed by atoms with Crippen LogP contribution < -0.4 is 21.3 Å². The van der Waals surface area contributed by atoms with Crippen LogP contribution in [0.4, 0.5) is 15.9 Å². The van der Waals surface area contributed by atoms with Crippen molar-refractivity contribution in [3.8, 4) is 0 Å². The first-order valence-electron chi connectivity index (χ1n) is 10.8. The van der Waals surface area contributed by atoms with Crippen molar-refractivity contribution in [2.45, 2.75) is 50.1 Å². The molecule has 1 aromatic carbocycles. The molecule has 1 saturated carbocycles. The normalized spacial score (nSPS) is 24.8. The van der Waals surface area contributed by atoms with Crippen molar-refractivity contribution in [3.63, 3.8) is 0 Å². The van der Waals surface area contributed by atoms with E-state index in [1.165, 1.54) is 30.7 Å². The number of aromatic nitrogens is 2. The highest BCUT2D eigenvalue weighted by atomic mass is 32.2. The van der Waals surface area contributed by atoms with E-state index in [1.54, 1.807) is 6.07 Å². The first kappa shape index (κ1) is 19.8. The molecule has 160 valence electrons. The molecule has 30 heavy (non-hydrogen) atoms. The number of rotatable bonds is 5. The van der Waals surface area contributed by atoms with E-state index < -0.39 is 0 Å². The quantitative estimate of drug-likeness (QED) is 0.755. The summed E-state index contributed by atoms with van der Waals surface area (Å²) >= 11 is 1.48. The van der Waals surface area contributed by atoms with Gasteiger partial charge in [-0.25, -0.2) is 9.07 Å². The van der Waals surface area contributed by atoms with Gasteiger partial charge in [0.05, 0.1) is 11.2 Å². The van der Waals surface area contributed by atoms with Crippen molar-refractivity contribution in [2.75, 3.05) is 22.9 Å². The van der Waals surface area contributed by atoms with Gasteiger partial charge in [0.2, 0.25) is 0 Å². The number of hydrogen-bond acceptors (Lipinski definition) is 6. The Hall–Kier alpha value is -2.19. The number of anilines is 2. The van der Waals surface area contributed by atoms with Crippen molar-refractivity contribution in [2.24, 2.45) is 17.4 Å². The lowest BCUT2D eigenvalue weighted by atomic mass is 10.1. The number of hydrogen-bond donors (Lipinski definition) is 2. The predicted molar refractivity (Wildman–Crippen MR) is 120 cm³/mol. The third-order valence-corrected chi connectivity index (χ3v) is 7.29. The minimum atomic E-state index is -0.238. The average Bonchev–Trinajstić information content (AvgIpc) is 3.39. The molecule has 2 fully saturated rings. The number of halogens is 1. The number of thioether (sulfide) groups is 1. The van der Waals surface area contributed by atoms with E-state index in [0.717, 1.165) is 50.4 Å². The fraction of sp³-hybridized carbons (Fsp3) is 0.500. The summed E-state index contributed by atoms with van der Waals surface area (Å²) in [5, 5.41) is 5.21. The highest BCUT2D eigenvalue weighted by molar-refractivity contribution is 8.03. The summed E-state index contributed by atoms with van der Waals surface area (Å²) in [6, 6.07) is 7.20. The zero-order chi connectivity index (χ0) is 20.7. The van der Waals surface area contributed by atoms with Crippen molar-refractivity contribution in [3.05, 3.63) is 53.1 Å². The van der Waals surface area contributed by atoms with Gasteiger partial charge in [-0.15, -0.1) is 0 Å². The smallest absolute Gasteiger partial charge is 0.151 e. The third-order valence-electron chi connectivity index (χ3n) is 6.21. The largest absolute Gasteiger partial charge is 0.392 e. The highest BCUT2D eigenvalue weighted by Crippen LogP contribution is 2.48. The molecule has 0 radical (unpaired) electrons. The molecule has 5 rings (SSSR count). The molecule has 3 aliphatic rings. The molecule has 8 heteroatoms. The molecule has 0 bridgehead atoms. The Morgan fingerprint density at radius 3 is 2.77 bits per heavy atom.